The van der Waals surface area contributed by atoms with Crippen molar-refractivity contribution in [2.75, 3.05) is 18.4 Å². The van der Waals surface area contributed by atoms with E-state index < -0.39 is 17.3 Å². The Labute approximate surface area is 171 Å². The number of hydrogen-bond donors (Lipinski definition) is 2. The van der Waals surface area contributed by atoms with Gasteiger partial charge in [-0.2, -0.15) is 18.3 Å². The highest BCUT2D eigenvalue weighted by Gasteiger charge is 2.47. The van der Waals surface area contributed by atoms with Crippen LogP contribution in [0.4, 0.5) is 18.9 Å². The first kappa shape index (κ1) is 20.2. The zero-order chi connectivity index (χ0) is 20.6. The zero-order valence-electron chi connectivity index (χ0n) is 15.7. The molecule has 1 aromatic carbocycles. The first-order chi connectivity index (χ1) is 13.8. The Balaban J connectivity index is 1.53. The van der Waals surface area contributed by atoms with E-state index in [1.807, 2.05) is 12.4 Å². The maximum absolute atomic E-state index is 13.1. The molecule has 29 heavy (non-hydrogen) atoms. The number of hydrogen-bond acceptors (Lipinski definition) is 3. The predicted octanol–water partition coefficient (Wildman–Crippen LogP) is 4.54. The van der Waals surface area contributed by atoms with E-state index in [0.717, 1.165) is 50.0 Å². The van der Waals surface area contributed by atoms with E-state index in [1.165, 1.54) is 6.07 Å². The standard InChI is InChI=1S/C20H22ClF3N4O/c21-16-10-15(20(22,23)24)2-3-17(16)27-18(29)19(6-1-7-19)28-12-14(11-26-28)13-4-8-25-9-5-13/h2-3,10-13,25H,1,4-9H2,(H,27,29). The van der Waals surface area contributed by atoms with Crippen molar-refractivity contribution in [2.45, 2.75) is 49.7 Å². The molecule has 0 radical (unpaired) electrons. The minimum Gasteiger partial charge on any atom is -0.323 e. The lowest BCUT2D eigenvalue weighted by Gasteiger charge is -2.40. The number of aromatic nitrogens is 2. The van der Waals surface area contributed by atoms with E-state index in [4.69, 9.17) is 11.6 Å². The van der Waals surface area contributed by atoms with E-state index >= 15 is 0 Å². The topological polar surface area (TPSA) is 59.0 Å². The van der Waals surface area contributed by atoms with Crippen LogP contribution in [0.1, 0.15) is 49.1 Å². The van der Waals surface area contributed by atoms with E-state index in [1.54, 1.807) is 4.68 Å². The molecule has 0 atom stereocenters. The lowest BCUT2D eigenvalue weighted by Crippen LogP contribution is -2.51. The Morgan fingerprint density at radius 2 is 2.00 bits per heavy atom. The molecule has 156 valence electrons. The monoisotopic (exact) mass is 426 g/mol. The third-order valence-electron chi connectivity index (χ3n) is 6.00. The van der Waals surface area contributed by atoms with Crippen LogP contribution in [-0.4, -0.2) is 28.8 Å². The molecule has 2 aromatic rings. The first-order valence-electron chi connectivity index (χ1n) is 9.73. The highest BCUT2D eigenvalue weighted by Crippen LogP contribution is 2.41. The van der Waals surface area contributed by atoms with Crippen molar-refractivity contribution in [3.8, 4) is 0 Å². The fourth-order valence-corrected chi connectivity index (χ4v) is 4.27. The van der Waals surface area contributed by atoms with Gasteiger partial charge in [-0.05, 0) is 74.9 Å². The van der Waals surface area contributed by atoms with Crippen LogP contribution in [0.15, 0.2) is 30.6 Å². The maximum Gasteiger partial charge on any atom is 0.416 e. The van der Waals surface area contributed by atoms with E-state index in [-0.39, 0.29) is 16.6 Å². The fourth-order valence-electron chi connectivity index (χ4n) is 4.04. The number of carbonyl (C=O) groups is 1. The number of piperidine rings is 1. The number of amides is 1. The molecular weight excluding hydrogens is 405 g/mol. The van der Waals surface area contributed by atoms with E-state index in [2.05, 4.69) is 15.7 Å². The van der Waals surface area contributed by atoms with Gasteiger partial charge in [0.05, 0.1) is 22.5 Å². The van der Waals surface area contributed by atoms with Crippen LogP contribution in [-0.2, 0) is 16.5 Å². The lowest BCUT2D eigenvalue weighted by molar-refractivity contribution is -0.137. The van der Waals surface area contributed by atoms with Gasteiger partial charge in [0.25, 0.3) is 5.91 Å². The molecule has 1 saturated carbocycles. The van der Waals surface area contributed by atoms with Crippen molar-refractivity contribution in [1.29, 1.82) is 0 Å². The molecule has 1 aromatic heterocycles. The summed E-state index contributed by atoms with van der Waals surface area (Å²) in [6.07, 6.45) is 3.50. The fraction of sp³-hybridized carbons (Fsp3) is 0.500. The summed E-state index contributed by atoms with van der Waals surface area (Å²) in [7, 11) is 0. The van der Waals surface area contributed by atoms with Crippen molar-refractivity contribution in [1.82, 2.24) is 15.1 Å². The second-order valence-electron chi connectivity index (χ2n) is 7.77. The second-order valence-corrected chi connectivity index (χ2v) is 8.18. The number of halogens is 4. The van der Waals surface area contributed by atoms with Gasteiger partial charge in [0, 0.05) is 6.20 Å². The smallest absolute Gasteiger partial charge is 0.323 e. The quantitative estimate of drug-likeness (QED) is 0.754. The number of nitrogens with one attached hydrogen (secondary N) is 2. The van der Waals surface area contributed by atoms with Crippen molar-refractivity contribution in [3.05, 3.63) is 46.7 Å². The molecular formula is C20H22ClF3N4O. The summed E-state index contributed by atoms with van der Waals surface area (Å²) in [6, 6.07) is 2.94. The molecule has 9 heteroatoms. The molecule has 2 fully saturated rings. The number of alkyl halides is 3. The minimum absolute atomic E-state index is 0.140. The molecule has 5 nitrogen and oxygen atoms in total. The highest BCUT2D eigenvalue weighted by atomic mass is 35.5. The van der Waals surface area contributed by atoms with Crippen molar-refractivity contribution in [3.63, 3.8) is 0 Å². The molecule has 1 amide bonds. The summed E-state index contributed by atoms with van der Waals surface area (Å²) in [4.78, 5) is 13.1. The molecule has 2 aliphatic rings. The van der Waals surface area contributed by atoms with E-state index in [0.29, 0.717) is 18.8 Å². The Morgan fingerprint density at radius 1 is 1.28 bits per heavy atom. The van der Waals surface area contributed by atoms with Crippen LogP contribution in [0.2, 0.25) is 5.02 Å². The van der Waals surface area contributed by atoms with Gasteiger partial charge in [0.2, 0.25) is 0 Å². The summed E-state index contributed by atoms with van der Waals surface area (Å²) in [5.41, 5.74) is -0.380. The van der Waals surface area contributed by atoms with Crippen LogP contribution in [0.25, 0.3) is 0 Å². The van der Waals surface area contributed by atoms with Gasteiger partial charge in [0.15, 0.2) is 0 Å². The molecule has 4 rings (SSSR count). The van der Waals surface area contributed by atoms with Crippen LogP contribution in [0.5, 0.6) is 0 Å². The molecule has 2 heterocycles. The van der Waals surface area contributed by atoms with Crippen molar-refractivity contribution in [2.24, 2.45) is 0 Å². The van der Waals surface area contributed by atoms with Crippen molar-refractivity contribution < 1.29 is 18.0 Å². The average molecular weight is 427 g/mol. The highest BCUT2D eigenvalue weighted by molar-refractivity contribution is 6.33. The maximum atomic E-state index is 13.1. The summed E-state index contributed by atoms with van der Waals surface area (Å²) in [5, 5.41) is 10.4. The summed E-state index contributed by atoms with van der Waals surface area (Å²) in [6.45, 7) is 1.93. The number of rotatable bonds is 4. The lowest BCUT2D eigenvalue weighted by atomic mass is 9.76. The Morgan fingerprint density at radius 3 is 2.59 bits per heavy atom. The number of carbonyl (C=O) groups excluding carboxylic acids is 1. The molecule has 1 saturated heterocycles. The third kappa shape index (κ3) is 3.88. The van der Waals surface area contributed by atoms with Gasteiger partial charge >= 0.3 is 6.18 Å². The molecule has 1 aliphatic heterocycles. The molecule has 0 unspecified atom stereocenters. The molecule has 2 N–H and O–H groups in total. The Bertz CT molecular complexity index is 901. The molecule has 0 bridgehead atoms. The Kier molecular flexibility index (Phi) is 5.33. The van der Waals surface area contributed by atoms with Gasteiger partial charge in [-0.1, -0.05) is 11.6 Å². The Hall–Kier alpha value is -2.06. The van der Waals surface area contributed by atoms with Crippen LogP contribution < -0.4 is 10.6 Å². The zero-order valence-corrected chi connectivity index (χ0v) is 16.5. The second kappa shape index (κ2) is 7.65. The number of benzene rings is 1. The molecule has 0 spiro atoms. The predicted molar refractivity (Wildman–Crippen MR) is 104 cm³/mol. The average Bonchev–Trinajstić information content (AvgIpc) is 3.12. The number of nitrogens with zero attached hydrogens (tertiary/aromatic N) is 2. The van der Waals surface area contributed by atoms with Gasteiger partial charge < -0.3 is 10.6 Å². The summed E-state index contributed by atoms with van der Waals surface area (Å²) >= 11 is 6.00. The van der Waals surface area contributed by atoms with Gasteiger partial charge in [-0.3, -0.25) is 9.48 Å². The summed E-state index contributed by atoms with van der Waals surface area (Å²) in [5.74, 6) is 0.125. The first-order valence-corrected chi connectivity index (χ1v) is 10.1. The van der Waals surface area contributed by atoms with E-state index in [9.17, 15) is 18.0 Å². The van der Waals surface area contributed by atoms with Crippen molar-refractivity contribution >= 4 is 23.2 Å². The van der Waals surface area contributed by atoms with Gasteiger partial charge in [0.1, 0.15) is 5.54 Å². The van der Waals surface area contributed by atoms with Crippen LogP contribution >= 0.6 is 11.6 Å². The normalized spacial score (nSPS) is 19.6. The van der Waals surface area contributed by atoms with Crippen LogP contribution in [0, 0.1) is 0 Å². The largest absolute Gasteiger partial charge is 0.416 e. The van der Waals surface area contributed by atoms with Gasteiger partial charge in [-0.25, -0.2) is 0 Å². The summed E-state index contributed by atoms with van der Waals surface area (Å²) < 4.78 is 40.2. The minimum atomic E-state index is -4.48. The van der Waals surface area contributed by atoms with Gasteiger partial charge in [-0.15, -0.1) is 0 Å². The SMILES string of the molecule is O=C(Nc1ccc(C(F)(F)F)cc1Cl)C1(n2cc(C3CCNCC3)cn2)CCC1. The molecule has 1 aliphatic carbocycles. The number of anilines is 1. The van der Waals surface area contributed by atoms with Crippen LogP contribution in [0.3, 0.4) is 0 Å². The third-order valence-corrected chi connectivity index (χ3v) is 6.31.